The van der Waals surface area contributed by atoms with Crippen LogP contribution in [0, 0.1) is 5.41 Å². The maximum absolute atomic E-state index is 5.56. The molecule has 0 saturated carbocycles. The molecule has 4 unspecified atom stereocenters. The van der Waals surface area contributed by atoms with Crippen LogP contribution in [0.15, 0.2) is 0 Å². The van der Waals surface area contributed by atoms with Gasteiger partial charge in [-0.05, 0) is 12.8 Å². The summed E-state index contributed by atoms with van der Waals surface area (Å²) in [5.74, 6) is 0. The van der Waals surface area contributed by atoms with E-state index in [-0.39, 0.29) is 5.41 Å². The predicted molar refractivity (Wildman–Crippen MR) is 105 cm³/mol. The van der Waals surface area contributed by atoms with Gasteiger partial charge in [0.1, 0.15) is 24.4 Å². The maximum Gasteiger partial charge on any atom is 0.104 e. The Kier molecular flexibility index (Phi) is 10.1. The van der Waals surface area contributed by atoms with Crippen molar-refractivity contribution in [1.82, 2.24) is 0 Å². The highest BCUT2D eigenvalue weighted by Crippen LogP contribution is 2.19. The van der Waals surface area contributed by atoms with Gasteiger partial charge in [0, 0.05) is 18.6 Å². The second-order valence-corrected chi connectivity index (χ2v) is 8.87. The summed E-state index contributed by atoms with van der Waals surface area (Å²) in [5, 5.41) is 0. The van der Waals surface area contributed by atoms with Crippen LogP contribution in [0.25, 0.3) is 0 Å². The van der Waals surface area contributed by atoms with Gasteiger partial charge in [-0.15, -0.1) is 0 Å². The molecule has 0 aromatic carbocycles. The summed E-state index contributed by atoms with van der Waals surface area (Å²) in [6.07, 6.45) is 3.61. The van der Waals surface area contributed by atoms with E-state index >= 15 is 0 Å². The van der Waals surface area contributed by atoms with Crippen molar-refractivity contribution in [3.63, 3.8) is 0 Å². The molecule has 4 atom stereocenters. The normalized spacial score (nSPS) is 29.2. The molecule has 0 spiro atoms. The Bertz CT molecular complexity index is 392. The molecule has 8 nitrogen and oxygen atoms in total. The molecule has 0 radical (unpaired) electrons. The zero-order chi connectivity index (χ0) is 20.4. The SMILES string of the molecule is C(CCOCC1CO1)COCC1CO1.CC(C)(COCC1CO1)COCC1CO1. The van der Waals surface area contributed by atoms with Gasteiger partial charge in [0.2, 0.25) is 0 Å². The van der Waals surface area contributed by atoms with E-state index in [4.69, 9.17) is 37.9 Å². The molecule has 0 bridgehead atoms. The maximum atomic E-state index is 5.56. The summed E-state index contributed by atoms with van der Waals surface area (Å²) in [6, 6.07) is 0. The Morgan fingerprint density at radius 1 is 0.586 bits per heavy atom. The monoisotopic (exact) mass is 418 g/mol. The summed E-state index contributed by atoms with van der Waals surface area (Å²) in [7, 11) is 0. The second kappa shape index (κ2) is 12.5. The van der Waals surface area contributed by atoms with Crippen LogP contribution in [0.2, 0.25) is 0 Å². The molecule has 0 N–H and O–H groups in total. The Morgan fingerprint density at radius 2 is 0.897 bits per heavy atom. The first-order valence-electron chi connectivity index (χ1n) is 10.9. The highest BCUT2D eigenvalue weighted by atomic mass is 16.6. The molecule has 0 aromatic rings. The zero-order valence-electron chi connectivity index (χ0n) is 18.0. The van der Waals surface area contributed by atoms with E-state index < -0.39 is 0 Å². The van der Waals surface area contributed by atoms with E-state index in [1.165, 1.54) is 0 Å². The number of unbranched alkanes of at least 4 members (excludes halogenated alkanes) is 1. The lowest BCUT2D eigenvalue weighted by molar-refractivity contribution is -0.0101. The van der Waals surface area contributed by atoms with Crippen LogP contribution in [0.5, 0.6) is 0 Å². The van der Waals surface area contributed by atoms with Gasteiger partial charge in [-0.1, -0.05) is 13.8 Å². The van der Waals surface area contributed by atoms with Gasteiger partial charge in [-0.25, -0.2) is 0 Å². The molecule has 170 valence electrons. The minimum absolute atomic E-state index is 0.0732. The summed E-state index contributed by atoms with van der Waals surface area (Å²) >= 11 is 0. The van der Waals surface area contributed by atoms with Gasteiger partial charge >= 0.3 is 0 Å². The van der Waals surface area contributed by atoms with E-state index in [1.54, 1.807) is 0 Å². The molecule has 29 heavy (non-hydrogen) atoms. The van der Waals surface area contributed by atoms with Crippen molar-refractivity contribution in [1.29, 1.82) is 0 Å². The first-order chi connectivity index (χ1) is 14.1. The number of hydrogen-bond donors (Lipinski definition) is 0. The third kappa shape index (κ3) is 13.6. The fraction of sp³-hybridized carbons (Fsp3) is 1.00. The van der Waals surface area contributed by atoms with Crippen LogP contribution in [0.1, 0.15) is 26.7 Å². The molecule has 4 aliphatic heterocycles. The van der Waals surface area contributed by atoms with Crippen molar-refractivity contribution < 1.29 is 37.9 Å². The highest BCUT2D eigenvalue weighted by Gasteiger charge is 2.27. The standard InChI is InChI=1S/C11H20O4.C10H18O4/c1-11(2,7-12-3-9-5-14-9)8-13-4-10-6-15-10;1(3-11-5-9-7-13-9)2-4-12-6-10-8-14-10/h9-10H,3-8H2,1-2H3;9-10H,1-8H2. The van der Waals surface area contributed by atoms with Crippen molar-refractivity contribution in [3.05, 3.63) is 0 Å². The highest BCUT2D eigenvalue weighted by molar-refractivity contribution is 4.73. The van der Waals surface area contributed by atoms with Gasteiger partial charge in [-0.2, -0.15) is 0 Å². The Labute approximate surface area is 174 Å². The van der Waals surface area contributed by atoms with E-state index in [1.807, 2.05) is 0 Å². The first kappa shape index (κ1) is 23.3. The number of rotatable bonds is 17. The summed E-state index contributed by atoms with van der Waals surface area (Å²) in [5.41, 5.74) is 0.0732. The van der Waals surface area contributed by atoms with Gasteiger partial charge in [0.05, 0.1) is 66.1 Å². The molecule has 4 heterocycles. The lowest BCUT2D eigenvalue weighted by Gasteiger charge is -2.23. The Morgan fingerprint density at radius 3 is 1.21 bits per heavy atom. The van der Waals surface area contributed by atoms with Gasteiger partial charge in [-0.3, -0.25) is 0 Å². The largest absolute Gasteiger partial charge is 0.379 e. The van der Waals surface area contributed by atoms with E-state index in [0.717, 1.165) is 92.1 Å². The average Bonchev–Trinajstić information content (AvgIpc) is 3.53. The number of ether oxygens (including phenoxy) is 8. The van der Waals surface area contributed by atoms with E-state index in [2.05, 4.69) is 13.8 Å². The van der Waals surface area contributed by atoms with Gasteiger partial charge in [0.15, 0.2) is 0 Å². The topological polar surface area (TPSA) is 87.0 Å². The molecule has 0 aliphatic carbocycles. The molecule has 4 rings (SSSR count). The quantitative estimate of drug-likeness (QED) is 0.259. The van der Waals surface area contributed by atoms with Gasteiger partial charge < -0.3 is 37.9 Å². The van der Waals surface area contributed by atoms with Crippen LogP contribution >= 0.6 is 0 Å². The fourth-order valence-electron chi connectivity index (χ4n) is 2.47. The van der Waals surface area contributed by atoms with Crippen molar-refractivity contribution in [2.24, 2.45) is 5.41 Å². The lowest BCUT2D eigenvalue weighted by Crippen LogP contribution is -2.27. The first-order valence-corrected chi connectivity index (χ1v) is 10.9. The summed E-state index contributed by atoms with van der Waals surface area (Å²) < 4.78 is 42.1. The van der Waals surface area contributed by atoms with Crippen LogP contribution in [-0.4, -0.2) is 104 Å². The molecular formula is C21H38O8. The average molecular weight is 419 g/mol. The van der Waals surface area contributed by atoms with E-state index in [0.29, 0.717) is 24.4 Å². The second-order valence-electron chi connectivity index (χ2n) is 8.87. The zero-order valence-corrected chi connectivity index (χ0v) is 18.0. The van der Waals surface area contributed by atoms with Crippen LogP contribution in [0.4, 0.5) is 0 Å². The van der Waals surface area contributed by atoms with Crippen molar-refractivity contribution in [2.45, 2.75) is 51.1 Å². The summed E-state index contributed by atoms with van der Waals surface area (Å²) in [4.78, 5) is 0. The van der Waals surface area contributed by atoms with Crippen molar-refractivity contribution >= 4 is 0 Å². The lowest BCUT2D eigenvalue weighted by atomic mass is 9.96. The number of hydrogen-bond acceptors (Lipinski definition) is 8. The minimum Gasteiger partial charge on any atom is -0.379 e. The molecule has 8 heteroatoms. The molecule has 4 saturated heterocycles. The predicted octanol–water partition coefficient (Wildman–Crippen LogP) is 1.44. The van der Waals surface area contributed by atoms with Crippen molar-refractivity contribution in [3.8, 4) is 0 Å². The van der Waals surface area contributed by atoms with Crippen LogP contribution in [0.3, 0.4) is 0 Å². The third-order valence-corrected chi connectivity index (χ3v) is 4.64. The minimum atomic E-state index is 0.0732. The molecule has 0 amide bonds. The van der Waals surface area contributed by atoms with Gasteiger partial charge in [0.25, 0.3) is 0 Å². The van der Waals surface area contributed by atoms with Crippen molar-refractivity contribution in [2.75, 3.05) is 79.3 Å². The van der Waals surface area contributed by atoms with E-state index in [9.17, 15) is 0 Å². The molecular weight excluding hydrogens is 380 g/mol. The Hall–Kier alpha value is -0.320. The fourth-order valence-corrected chi connectivity index (χ4v) is 2.47. The Balaban J connectivity index is 0.000000166. The number of epoxide rings is 4. The molecule has 0 aromatic heterocycles. The smallest absolute Gasteiger partial charge is 0.104 e. The third-order valence-electron chi connectivity index (χ3n) is 4.64. The molecule has 4 fully saturated rings. The molecule has 4 aliphatic rings. The van der Waals surface area contributed by atoms with Crippen LogP contribution < -0.4 is 0 Å². The van der Waals surface area contributed by atoms with Crippen LogP contribution in [-0.2, 0) is 37.9 Å². The summed E-state index contributed by atoms with van der Waals surface area (Å²) in [6.45, 7) is 13.8.